The third-order valence-corrected chi connectivity index (χ3v) is 5.21. The zero-order valence-corrected chi connectivity index (χ0v) is 14.7. The van der Waals surface area contributed by atoms with Crippen molar-refractivity contribution < 1.29 is 22.3 Å². The molecule has 0 saturated carbocycles. The van der Waals surface area contributed by atoms with Crippen molar-refractivity contribution in [3.63, 3.8) is 0 Å². The number of ether oxygens (including phenoxy) is 1. The molecule has 1 heterocycles. The highest BCUT2D eigenvalue weighted by molar-refractivity contribution is 7.90. The first kappa shape index (κ1) is 17.4. The number of nitrogens with one attached hydrogen (secondary N) is 1. The van der Waals surface area contributed by atoms with Crippen LogP contribution >= 0.6 is 0 Å². The number of amides is 1. The summed E-state index contributed by atoms with van der Waals surface area (Å²) in [6, 6.07) is 9.47. The first-order chi connectivity index (χ1) is 11.8. The number of aryl methyl sites for hydroxylation is 2. The summed E-state index contributed by atoms with van der Waals surface area (Å²) in [7, 11) is -3.82. The van der Waals surface area contributed by atoms with Crippen LogP contribution in [0.3, 0.4) is 0 Å². The fourth-order valence-electron chi connectivity index (χ4n) is 2.90. The van der Waals surface area contributed by atoms with Crippen molar-refractivity contribution in [3.05, 3.63) is 53.3 Å². The number of rotatable bonds is 3. The van der Waals surface area contributed by atoms with Crippen LogP contribution in [0.5, 0.6) is 5.75 Å². The van der Waals surface area contributed by atoms with Gasteiger partial charge in [-0.05, 0) is 43.5 Å². The van der Waals surface area contributed by atoms with Gasteiger partial charge in [0.1, 0.15) is 16.5 Å². The quantitative estimate of drug-likeness (QED) is 0.910. The van der Waals surface area contributed by atoms with Crippen LogP contribution in [0.2, 0.25) is 0 Å². The van der Waals surface area contributed by atoms with Gasteiger partial charge >= 0.3 is 0 Å². The van der Waals surface area contributed by atoms with Gasteiger partial charge in [-0.1, -0.05) is 23.8 Å². The number of hydrogen-bond donors (Lipinski definition) is 1. The van der Waals surface area contributed by atoms with E-state index in [0.29, 0.717) is 18.6 Å². The Morgan fingerprint density at radius 2 is 2.04 bits per heavy atom. The fourth-order valence-corrected chi connectivity index (χ4v) is 3.84. The molecular weight excluding hydrogens is 345 g/mol. The van der Waals surface area contributed by atoms with E-state index in [0.717, 1.165) is 23.4 Å². The molecule has 0 aromatic heterocycles. The molecule has 0 fully saturated rings. The van der Waals surface area contributed by atoms with Gasteiger partial charge < -0.3 is 10.1 Å². The van der Waals surface area contributed by atoms with Crippen molar-refractivity contribution in [1.29, 1.82) is 0 Å². The van der Waals surface area contributed by atoms with E-state index in [9.17, 15) is 17.6 Å². The van der Waals surface area contributed by atoms with E-state index in [4.69, 9.17) is 4.74 Å². The lowest BCUT2D eigenvalue weighted by Gasteiger charge is -2.25. The molecule has 1 aliphatic heterocycles. The lowest BCUT2D eigenvalue weighted by Crippen LogP contribution is -2.36. The lowest BCUT2D eigenvalue weighted by molar-refractivity contribution is -0.123. The normalized spacial score (nSPS) is 16.7. The van der Waals surface area contributed by atoms with Gasteiger partial charge in [0, 0.05) is 6.26 Å². The zero-order valence-electron chi connectivity index (χ0n) is 13.9. The first-order valence-corrected chi connectivity index (χ1v) is 9.70. The van der Waals surface area contributed by atoms with Crippen molar-refractivity contribution in [2.45, 2.75) is 30.8 Å². The third kappa shape index (κ3) is 3.66. The molecule has 1 amide bonds. The molecule has 0 aliphatic carbocycles. The smallest absolute Gasteiger partial charge is 0.265 e. The van der Waals surface area contributed by atoms with Crippen molar-refractivity contribution in [2.24, 2.45) is 0 Å². The highest BCUT2D eigenvalue weighted by atomic mass is 32.2. The fraction of sp³-hybridized carbons (Fsp3) is 0.278. The molecule has 0 bridgehead atoms. The Hall–Kier alpha value is -2.41. The number of halogens is 1. The number of hydrogen-bond acceptors (Lipinski definition) is 4. The molecule has 132 valence electrons. The molecule has 25 heavy (non-hydrogen) atoms. The van der Waals surface area contributed by atoms with Crippen LogP contribution in [0, 0.1) is 12.7 Å². The van der Waals surface area contributed by atoms with Crippen molar-refractivity contribution in [2.75, 3.05) is 11.6 Å². The summed E-state index contributed by atoms with van der Waals surface area (Å²) in [6.07, 6.45) is 1.28. The Morgan fingerprint density at radius 1 is 1.28 bits per heavy atom. The second kappa shape index (κ2) is 6.48. The predicted molar refractivity (Wildman–Crippen MR) is 92.1 cm³/mol. The van der Waals surface area contributed by atoms with E-state index in [1.54, 1.807) is 0 Å². The molecule has 1 unspecified atom stereocenters. The van der Waals surface area contributed by atoms with E-state index in [-0.39, 0.29) is 5.69 Å². The number of carbonyl (C=O) groups is 1. The summed E-state index contributed by atoms with van der Waals surface area (Å²) < 4.78 is 43.2. The maximum atomic E-state index is 13.9. The average molecular weight is 363 g/mol. The molecule has 7 heteroatoms. The highest BCUT2D eigenvalue weighted by Crippen LogP contribution is 2.30. The van der Waals surface area contributed by atoms with E-state index in [2.05, 4.69) is 5.32 Å². The Kier molecular flexibility index (Phi) is 4.51. The van der Waals surface area contributed by atoms with Crippen LogP contribution in [0.1, 0.15) is 17.5 Å². The maximum Gasteiger partial charge on any atom is 0.265 e. The Bertz CT molecular complexity index is 940. The minimum atomic E-state index is -3.82. The molecular formula is C18H18FNO4S. The van der Waals surface area contributed by atoms with Crippen LogP contribution in [0.4, 0.5) is 10.1 Å². The van der Waals surface area contributed by atoms with Gasteiger partial charge in [-0.2, -0.15) is 0 Å². The number of carbonyl (C=O) groups excluding carboxylic acids is 1. The first-order valence-electron chi connectivity index (χ1n) is 7.81. The summed E-state index contributed by atoms with van der Waals surface area (Å²) in [5.74, 6) is -0.757. The maximum absolute atomic E-state index is 13.9. The SMILES string of the molecule is Cc1ccc2c(c1)CCC(C(=O)Nc1cccc(F)c1S(C)(=O)=O)O2. The van der Waals surface area contributed by atoms with Gasteiger partial charge in [-0.25, -0.2) is 12.8 Å². The minimum Gasteiger partial charge on any atom is -0.480 e. The summed E-state index contributed by atoms with van der Waals surface area (Å²) in [6.45, 7) is 1.98. The molecule has 2 aromatic rings. The van der Waals surface area contributed by atoms with Crippen molar-refractivity contribution in [1.82, 2.24) is 0 Å². The largest absolute Gasteiger partial charge is 0.480 e. The molecule has 1 atom stereocenters. The minimum absolute atomic E-state index is 0.0780. The van der Waals surface area contributed by atoms with Gasteiger partial charge in [0.2, 0.25) is 0 Å². The number of anilines is 1. The van der Waals surface area contributed by atoms with Gasteiger partial charge in [-0.15, -0.1) is 0 Å². The molecule has 0 spiro atoms. The van der Waals surface area contributed by atoms with Gasteiger partial charge in [-0.3, -0.25) is 4.79 Å². The summed E-state index contributed by atoms with van der Waals surface area (Å²) in [5.41, 5.74) is 2.07. The molecule has 1 aliphatic rings. The molecule has 0 radical (unpaired) electrons. The van der Waals surface area contributed by atoms with Gasteiger partial charge in [0.15, 0.2) is 15.9 Å². The molecule has 1 N–H and O–H groups in total. The van der Waals surface area contributed by atoms with Crippen LogP contribution < -0.4 is 10.1 Å². The van der Waals surface area contributed by atoms with Gasteiger partial charge in [0.25, 0.3) is 5.91 Å². The van der Waals surface area contributed by atoms with E-state index >= 15 is 0 Å². The number of benzene rings is 2. The lowest BCUT2D eigenvalue weighted by atomic mass is 10.00. The monoisotopic (exact) mass is 363 g/mol. The average Bonchev–Trinajstić information content (AvgIpc) is 2.53. The molecule has 3 rings (SSSR count). The molecule has 2 aromatic carbocycles. The Balaban J connectivity index is 1.83. The summed E-state index contributed by atoms with van der Waals surface area (Å²) in [4.78, 5) is 12.0. The van der Waals surface area contributed by atoms with Crippen LogP contribution in [0.15, 0.2) is 41.3 Å². The Labute approximate surface area is 145 Å². The van der Waals surface area contributed by atoms with Crippen LogP contribution in [-0.2, 0) is 21.1 Å². The summed E-state index contributed by atoms with van der Waals surface area (Å²) >= 11 is 0. The number of sulfone groups is 1. The third-order valence-electron chi connectivity index (χ3n) is 4.05. The molecule has 5 nitrogen and oxygen atoms in total. The highest BCUT2D eigenvalue weighted by Gasteiger charge is 2.28. The molecule has 0 saturated heterocycles. The topological polar surface area (TPSA) is 72.5 Å². The van der Waals surface area contributed by atoms with Crippen molar-refractivity contribution >= 4 is 21.4 Å². The Morgan fingerprint density at radius 3 is 2.76 bits per heavy atom. The predicted octanol–water partition coefficient (Wildman–Crippen LogP) is 2.87. The zero-order chi connectivity index (χ0) is 18.2. The van der Waals surface area contributed by atoms with Crippen LogP contribution in [0.25, 0.3) is 0 Å². The second-order valence-electron chi connectivity index (χ2n) is 6.13. The van der Waals surface area contributed by atoms with Crippen LogP contribution in [-0.4, -0.2) is 26.7 Å². The van der Waals surface area contributed by atoms with Gasteiger partial charge in [0.05, 0.1) is 5.69 Å². The van der Waals surface area contributed by atoms with E-state index in [1.807, 2.05) is 25.1 Å². The number of fused-ring (bicyclic) bond motifs is 1. The standard InChI is InChI=1S/C18H18FNO4S/c1-11-6-8-15-12(10-11)7-9-16(24-15)18(21)20-14-5-3-4-13(19)17(14)25(2,22)23/h3-6,8,10,16H,7,9H2,1-2H3,(H,20,21). The van der Waals surface area contributed by atoms with E-state index < -0.39 is 32.6 Å². The van der Waals surface area contributed by atoms with E-state index in [1.165, 1.54) is 12.1 Å². The van der Waals surface area contributed by atoms with Crippen molar-refractivity contribution in [3.8, 4) is 5.75 Å². The summed E-state index contributed by atoms with van der Waals surface area (Å²) in [5, 5.41) is 2.49. The second-order valence-corrected chi connectivity index (χ2v) is 8.09.